The molecular formula is C23H25FN4O3S. The molecule has 1 N–H and O–H groups in total. The summed E-state index contributed by atoms with van der Waals surface area (Å²) >= 11 is 1.23. The lowest BCUT2D eigenvalue weighted by molar-refractivity contribution is -0.119. The number of thioether (sulfide) groups is 1. The van der Waals surface area contributed by atoms with E-state index >= 15 is 0 Å². The number of halogens is 1. The van der Waals surface area contributed by atoms with Crippen LogP contribution in [0.25, 0.3) is 5.69 Å². The molecule has 32 heavy (non-hydrogen) atoms. The van der Waals surface area contributed by atoms with Crippen molar-refractivity contribution >= 4 is 17.7 Å². The average molecular weight is 457 g/mol. The Morgan fingerprint density at radius 3 is 2.56 bits per heavy atom. The highest BCUT2D eigenvalue weighted by atomic mass is 32.2. The van der Waals surface area contributed by atoms with Crippen LogP contribution in [0.2, 0.25) is 0 Å². The van der Waals surface area contributed by atoms with Gasteiger partial charge in [-0.2, -0.15) is 0 Å². The molecular weight excluding hydrogens is 431 g/mol. The Balaban J connectivity index is 1.50. The summed E-state index contributed by atoms with van der Waals surface area (Å²) in [5, 5.41) is 11.9. The highest BCUT2D eigenvalue weighted by Gasteiger charge is 2.21. The van der Waals surface area contributed by atoms with Crippen molar-refractivity contribution in [2.24, 2.45) is 0 Å². The summed E-state index contributed by atoms with van der Waals surface area (Å²) in [4.78, 5) is 12.4. The van der Waals surface area contributed by atoms with Crippen LogP contribution in [-0.2, 0) is 11.4 Å². The molecule has 1 saturated carbocycles. The second-order valence-corrected chi connectivity index (χ2v) is 8.43. The van der Waals surface area contributed by atoms with Crippen LogP contribution < -0.4 is 14.8 Å². The Labute approximate surface area is 190 Å². The van der Waals surface area contributed by atoms with E-state index in [1.165, 1.54) is 17.8 Å². The molecule has 9 heteroatoms. The van der Waals surface area contributed by atoms with Crippen LogP contribution in [0.3, 0.4) is 0 Å². The SMILES string of the molecule is COc1ccc(OCc2nnc(SCC(=O)NC3CCCC3)n2-c2ccccc2F)cc1. The lowest BCUT2D eigenvalue weighted by Crippen LogP contribution is -2.33. The molecule has 0 bridgehead atoms. The minimum absolute atomic E-state index is 0.0546. The van der Waals surface area contributed by atoms with Gasteiger partial charge in [-0.15, -0.1) is 10.2 Å². The van der Waals surface area contributed by atoms with Crippen LogP contribution in [0.1, 0.15) is 31.5 Å². The molecule has 1 amide bonds. The van der Waals surface area contributed by atoms with Crippen molar-refractivity contribution in [3.05, 3.63) is 60.2 Å². The molecule has 4 rings (SSSR count). The lowest BCUT2D eigenvalue weighted by Gasteiger charge is -2.13. The van der Waals surface area contributed by atoms with Gasteiger partial charge in [0, 0.05) is 6.04 Å². The zero-order chi connectivity index (χ0) is 22.3. The topological polar surface area (TPSA) is 78.3 Å². The van der Waals surface area contributed by atoms with Gasteiger partial charge in [0.2, 0.25) is 5.91 Å². The maximum absolute atomic E-state index is 14.6. The first kappa shape index (κ1) is 22.1. The smallest absolute Gasteiger partial charge is 0.230 e. The van der Waals surface area contributed by atoms with Gasteiger partial charge in [0.05, 0.1) is 18.6 Å². The second kappa shape index (κ2) is 10.5. The number of ether oxygens (including phenoxy) is 2. The summed E-state index contributed by atoms with van der Waals surface area (Å²) in [5.41, 5.74) is 0.310. The zero-order valence-electron chi connectivity index (χ0n) is 17.8. The number of carbonyl (C=O) groups excluding carboxylic acids is 1. The van der Waals surface area contributed by atoms with Gasteiger partial charge in [-0.1, -0.05) is 36.7 Å². The summed E-state index contributed by atoms with van der Waals surface area (Å²) < 4.78 is 27.2. The van der Waals surface area contributed by atoms with Gasteiger partial charge in [-0.05, 0) is 49.2 Å². The number of carbonyl (C=O) groups is 1. The molecule has 1 fully saturated rings. The van der Waals surface area contributed by atoms with Gasteiger partial charge in [-0.25, -0.2) is 4.39 Å². The van der Waals surface area contributed by atoms with Gasteiger partial charge in [0.15, 0.2) is 11.0 Å². The zero-order valence-corrected chi connectivity index (χ0v) is 18.6. The number of nitrogens with one attached hydrogen (secondary N) is 1. The number of benzene rings is 2. The number of hydrogen-bond donors (Lipinski definition) is 1. The Morgan fingerprint density at radius 1 is 1.12 bits per heavy atom. The van der Waals surface area contributed by atoms with E-state index < -0.39 is 5.82 Å². The third kappa shape index (κ3) is 5.40. The molecule has 1 aliphatic carbocycles. The van der Waals surface area contributed by atoms with Crippen LogP contribution in [0.15, 0.2) is 53.7 Å². The van der Waals surface area contributed by atoms with Crippen LogP contribution >= 0.6 is 11.8 Å². The minimum atomic E-state index is -0.407. The number of rotatable bonds is 9. The molecule has 0 radical (unpaired) electrons. The van der Waals surface area contributed by atoms with Crippen molar-refractivity contribution in [1.29, 1.82) is 0 Å². The maximum Gasteiger partial charge on any atom is 0.230 e. The molecule has 0 atom stereocenters. The van der Waals surface area contributed by atoms with Crippen LogP contribution in [0.5, 0.6) is 11.5 Å². The van der Waals surface area contributed by atoms with Crippen molar-refractivity contribution in [2.75, 3.05) is 12.9 Å². The molecule has 0 saturated heterocycles. The molecule has 0 unspecified atom stereocenters. The fourth-order valence-corrected chi connectivity index (χ4v) is 4.43. The summed E-state index contributed by atoms with van der Waals surface area (Å²) in [7, 11) is 1.60. The van der Waals surface area contributed by atoms with Crippen LogP contribution in [-0.4, -0.2) is 39.6 Å². The minimum Gasteiger partial charge on any atom is -0.497 e. The Morgan fingerprint density at radius 2 is 1.84 bits per heavy atom. The van der Waals surface area contributed by atoms with E-state index in [-0.39, 0.29) is 24.3 Å². The summed E-state index contributed by atoms with van der Waals surface area (Å²) in [6, 6.07) is 13.8. The van der Waals surface area contributed by atoms with E-state index in [0.717, 1.165) is 31.4 Å². The number of para-hydroxylation sites is 1. The van der Waals surface area contributed by atoms with E-state index in [0.29, 0.717) is 22.4 Å². The van der Waals surface area contributed by atoms with Crippen molar-refractivity contribution < 1.29 is 18.7 Å². The van der Waals surface area contributed by atoms with Crippen molar-refractivity contribution in [3.63, 3.8) is 0 Å². The quantitative estimate of drug-likeness (QED) is 0.488. The first-order valence-electron chi connectivity index (χ1n) is 10.5. The van der Waals surface area contributed by atoms with Crippen LogP contribution in [0, 0.1) is 5.82 Å². The average Bonchev–Trinajstić information content (AvgIpc) is 3.47. The number of hydrogen-bond acceptors (Lipinski definition) is 6. The fourth-order valence-electron chi connectivity index (χ4n) is 3.65. The molecule has 1 heterocycles. The fraction of sp³-hybridized carbons (Fsp3) is 0.348. The second-order valence-electron chi connectivity index (χ2n) is 7.49. The molecule has 1 aromatic heterocycles. The van der Waals surface area contributed by atoms with Crippen LogP contribution in [0.4, 0.5) is 4.39 Å². The molecule has 2 aromatic carbocycles. The molecule has 1 aliphatic rings. The number of nitrogens with zero attached hydrogens (tertiary/aromatic N) is 3. The molecule has 168 valence electrons. The molecule has 3 aromatic rings. The van der Waals surface area contributed by atoms with E-state index in [1.54, 1.807) is 54.1 Å². The van der Waals surface area contributed by atoms with Gasteiger partial charge in [0.1, 0.15) is 23.9 Å². The van der Waals surface area contributed by atoms with Gasteiger partial charge < -0.3 is 14.8 Å². The number of aromatic nitrogens is 3. The highest BCUT2D eigenvalue weighted by Crippen LogP contribution is 2.26. The largest absolute Gasteiger partial charge is 0.497 e. The van der Waals surface area contributed by atoms with Gasteiger partial charge in [-0.3, -0.25) is 9.36 Å². The lowest BCUT2D eigenvalue weighted by atomic mass is 10.2. The molecule has 0 aliphatic heterocycles. The first-order chi connectivity index (χ1) is 15.6. The third-order valence-electron chi connectivity index (χ3n) is 5.27. The van der Waals surface area contributed by atoms with E-state index in [4.69, 9.17) is 9.47 Å². The van der Waals surface area contributed by atoms with Gasteiger partial charge in [0.25, 0.3) is 0 Å². The predicted octanol–water partition coefficient (Wildman–Crippen LogP) is 4.14. The van der Waals surface area contributed by atoms with E-state index in [9.17, 15) is 9.18 Å². The predicted molar refractivity (Wildman–Crippen MR) is 120 cm³/mol. The summed E-state index contributed by atoms with van der Waals surface area (Å²) in [5.74, 6) is 1.50. The highest BCUT2D eigenvalue weighted by molar-refractivity contribution is 7.99. The molecule has 0 spiro atoms. The number of methoxy groups -OCH3 is 1. The van der Waals surface area contributed by atoms with E-state index in [2.05, 4.69) is 15.5 Å². The van der Waals surface area contributed by atoms with Crippen molar-refractivity contribution in [2.45, 2.75) is 43.5 Å². The normalized spacial score (nSPS) is 13.8. The standard InChI is InChI=1S/C23H25FN4O3S/c1-30-17-10-12-18(13-11-17)31-14-21-26-27-23(28(21)20-9-5-4-8-19(20)24)32-15-22(29)25-16-6-2-3-7-16/h4-5,8-13,16H,2-3,6-7,14-15H2,1H3,(H,25,29). The third-order valence-corrected chi connectivity index (χ3v) is 6.20. The summed E-state index contributed by atoms with van der Waals surface area (Å²) in [6.45, 7) is 0.0858. The maximum atomic E-state index is 14.6. The first-order valence-corrected chi connectivity index (χ1v) is 11.5. The van der Waals surface area contributed by atoms with Crippen molar-refractivity contribution in [3.8, 4) is 17.2 Å². The Bertz CT molecular complexity index is 1050. The molecule has 7 nitrogen and oxygen atoms in total. The van der Waals surface area contributed by atoms with Crippen molar-refractivity contribution in [1.82, 2.24) is 20.1 Å². The Kier molecular flexibility index (Phi) is 7.26. The van der Waals surface area contributed by atoms with E-state index in [1.807, 2.05) is 0 Å². The van der Waals surface area contributed by atoms with Gasteiger partial charge >= 0.3 is 0 Å². The monoisotopic (exact) mass is 456 g/mol. The Hall–Kier alpha value is -3.07. The number of amides is 1. The summed E-state index contributed by atoms with van der Waals surface area (Å²) in [6.07, 6.45) is 4.35.